The number of nitrogens with two attached hydrogens (primary N) is 1. The van der Waals surface area contributed by atoms with Gasteiger partial charge in [0.2, 0.25) is 0 Å². The van der Waals surface area contributed by atoms with E-state index in [-0.39, 0.29) is 12.4 Å². The Morgan fingerprint density at radius 2 is 2.29 bits per heavy atom. The lowest BCUT2D eigenvalue weighted by Gasteiger charge is -2.20. The van der Waals surface area contributed by atoms with Crippen LogP contribution < -0.4 is 15.8 Å². The summed E-state index contributed by atoms with van der Waals surface area (Å²) >= 11 is 0. The Morgan fingerprint density at radius 1 is 1.48 bits per heavy atom. The van der Waals surface area contributed by atoms with Gasteiger partial charge in [0.15, 0.2) is 5.84 Å². The maximum absolute atomic E-state index is 9.36. The molecule has 1 aromatic carbocycles. The summed E-state index contributed by atoms with van der Waals surface area (Å²) in [5.41, 5.74) is 7.22. The molecule has 0 saturated heterocycles. The molecule has 1 aromatic rings. The fourth-order valence-electron chi connectivity index (χ4n) is 2.90. The molecule has 1 saturated carbocycles. The van der Waals surface area contributed by atoms with Crippen LogP contribution in [0.1, 0.15) is 30.4 Å². The van der Waals surface area contributed by atoms with Gasteiger partial charge in [-0.05, 0) is 37.0 Å². The number of aliphatic hydroxyl groups is 1. The first kappa shape index (κ1) is 15.6. The van der Waals surface area contributed by atoms with Gasteiger partial charge in [-0.3, -0.25) is 0 Å². The largest absolute Gasteiger partial charge is 0.496 e. The molecule has 5 N–H and O–H groups in total. The van der Waals surface area contributed by atoms with Crippen molar-refractivity contribution in [2.24, 2.45) is 16.8 Å². The number of nitrogens with zero attached hydrogens (tertiary/aromatic N) is 1. The summed E-state index contributed by atoms with van der Waals surface area (Å²) in [7, 11) is 1.62. The third-order valence-corrected chi connectivity index (χ3v) is 4.13. The summed E-state index contributed by atoms with van der Waals surface area (Å²) in [6.07, 6.45) is 3.28. The van der Waals surface area contributed by atoms with Crippen molar-refractivity contribution in [3.8, 4) is 5.75 Å². The van der Waals surface area contributed by atoms with Gasteiger partial charge in [0, 0.05) is 30.3 Å². The molecule has 0 aliphatic heterocycles. The Balaban J connectivity index is 2.10. The molecule has 21 heavy (non-hydrogen) atoms. The van der Waals surface area contributed by atoms with Gasteiger partial charge in [0.05, 0.1) is 7.11 Å². The summed E-state index contributed by atoms with van der Waals surface area (Å²) in [4.78, 5) is 0. The van der Waals surface area contributed by atoms with Gasteiger partial charge in [-0.25, -0.2) is 0 Å². The van der Waals surface area contributed by atoms with E-state index in [9.17, 15) is 5.11 Å². The maximum atomic E-state index is 9.36. The maximum Gasteiger partial charge on any atom is 0.170 e. The van der Waals surface area contributed by atoms with Crippen molar-refractivity contribution in [3.05, 3.63) is 29.3 Å². The molecule has 0 aromatic heterocycles. The lowest BCUT2D eigenvalue weighted by atomic mass is 10.0. The molecule has 0 amide bonds. The second-order valence-electron chi connectivity index (χ2n) is 5.37. The first-order valence-electron chi connectivity index (χ1n) is 7.18. The van der Waals surface area contributed by atoms with E-state index in [0.717, 1.165) is 30.6 Å². The molecule has 0 heterocycles. The molecule has 0 bridgehead atoms. The standard InChI is InChI=1S/C15H23N3O3/c1-21-14-6-5-10(15(16)18-20)7-12(14)8-17-13-4-2-3-11(13)9-19/h5-7,11,13,17,19-20H,2-4,8-9H2,1H3,(H2,16,18). The molecule has 116 valence electrons. The number of hydrogen-bond acceptors (Lipinski definition) is 5. The van der Waals surface area contributed by atoms with Gasteiger partial charge in [0.25, 0.3) is 0 Å². The zero-order valence-corrected chi connectivity index (χ0v) is 12.2. The van der Waals surface area contributed by atoms with Crippen molar-refractivity contribution < 1.29 is 15.1 Å². The second kappa shape index (κ2) is 7.28. The van der Waals surface area contributed by atoms with Crippen molar-refractivity contribution >= 4 is 5.84 Å². The average Bonchev–Trinajstić information content (AvgIpc) is 2.99. The van der Waals surface area contributed by atoms with Crippen LogP contribution in [0.5, 0.6) is 5.75 Å². The molecular formula is C15H23N3O3. The van der Waals surface area contributed by atoms with E-state index < -0.39 is 0 Å². The van der Waals surface area contributed by atoms with Gasteiger partial charge in [-0.2, -0.15) is 0 Å². The van der Waals surface area contributed by atoms with Crippen LogP contribution in [-0.4, -0.2) is 35.9 Å². The Hall–Kier alpha value is -1.79. The summed E-state index contributed by atoms with van der Waals surface area (Å²) in [6.45, 7) is 0.843. The van der Waals surface area contributed by atoms with E-state index in [1.807, 2.05) is 12.1 Å². The zero-order chi connectivity index (χ0) is 15.2. The van der Waals surface area contributed by atoms with Crippen LogP contribution in [0.15, 0.2) is 23.4 Å². The summed E-state index contributed by atoms with van der Waals surface area (Å²) in [6, 6.07) is 5.74. The quantitative estimate of drug-likeness (QED) is 0.272. The highest BCUT2D eigenvalue weighted by Crippen LogP contribution is 2.26. The number of rotatable bonds is 6. The smallest absolute Gasteiger partial charge is 0.170 e. The predicted molar refractivity (Wildman–Crippen MR) is 80.6 cm³/mol. The number of benzene rings is 1. The van der Waals surface area contributed by atoms with Crippen LogP contribution >= 0.6 is 0 Å². The van der Waals surface area contributed by atoms with Crippen molar-refractivity contribution in [2.75, 3.05) is 13.7 Å². The lowest BCUT2D eigenvalue weighted by molar-refractivity contribution is 0.205. The van der Waals surface area contributed by atoms with E-state index in [2.05, 4.69) is 10.5 Å². The third-order valence-electron chi connectivity index (χ3n) is 4.13. The number of oxime groups is 1. The number of aliphatic hydroxyl groups excluding tert-OH is 1. The molecule has 6 heteroatoms. The molecule has 0 spiro atoms. The molecule has 1 aliphatic rings. The molecular weight excluding hydrogens is 270 g/mol. The van der Waals surface area contributed by atoms with Crippen LogP contribution in [0.25, 0.3) is 0 Å². The van der Waals surface area contributed by atoms with Gasteiger partial charge in [-0.15, -0.1) is 0 Å². The second-order valence-corrected chi connectivity index (χ2v) is 5.37. The minimum atomic E-state index is 0.0769. The van der Waals surface area contributed by atoms with Crippen molar-refractivity contribution in [1.29, 1.82) is 0 Å². The van der Waals surface area contributed by atoms with Crippen molar-refractivity contribution in [2.45, 2.75) is 31.8 Å². The highest BCUT2D eigenvalue weighted by molar-refractivity contribution is 5.97. The number of hydrogen-bond donors (Lipinski definition) is 4. The molecule has 6 nitrogen and oxygen atoms in total. The van der Waals surface area contributed by atoms with Gasteiger partial charge < -0.3 is 26.1 Å². The van der Waals surface area contributed by atoms with Crippen LogP contribution in [0.2, 0.25) is 0 Å². The zero-order valence-electron chi connectivity index (χ0n) is 12.2. The molecule has 2 unspecified atom stereocenters. The monoisotopic (exact) mass is 293 g/mol. The Kier molecular flexibility index (Phi) is 5.41. The van der Waals surface area contributed by atoms with E-state index >= 15 is 0 Å². The SMILES string of the molecule is COc1ccc(/C(N)=N/O)cc1CNC1CCCC1CO. The van der Waals surface area contributed by atoms with Gasteiger partial charge >= 0.3 is 0 Å². The predicted octanol–water partition coefficient (Wildman–Crippen LogP) is 1.04. The van der Waals surface area contributed by atoms with Crippen LogP contribution in [0.3, 0.4) is 0 Å². The van der Waals surface area contributed by atoms with E-state index in [1.165, 1.54) is 0 Å². The number of nitrogens with one attached hydrogen (secondary N) is 1. The minimum Gasteiger partial charge on any atom is -0.496 e. The number of amidine groups is 1. The third kappa shape index (κ3) is 3.65. The minimum absolute atomic E-state index is 0.0769. The first-order valence-corrected chi connectivity index (χ1v) is 7.18. The molecule has 2 rings (SSSR count). The summed E-state index contributed by atoms with van der Waals surface area (Å²) < 4.78 is 5.35. The molecule has 0 radical (unpaired) electrons. The first-order chi connectivity index (χ1) is 10.2. The topological polar surface area (TPSA) is 100 Å². The fourth-order valence-corrected chi connectivity index (χ4v) is 2.90. The van der Waals surface area contributed by atoms with Crippen molar-refractivity contribution in [3.63, 3.8) is 0 Å². The van der Waals surface area contributed by atoms with E-state index in [1.54, 1.807) is 13.2 Å². The Labute approximate surface area is 124 Å². The summed E-state index contributed by atoms with van der Waals surface area (Å²) in [5.74, 6) is 1.16. The number of methoxy groups -OCH3 is 1. The highest BCUT2D eigenvalue weighted by Gasteiger charge is 2.26. The molecule has 1 fully saturated rings. The molecule has 1 aliphatic carbocycles. The van der Waals surface area contributed by atoms with Crippen LogP contribution in [0.4, 0.5) is 0 Å². The van der Waals surface area contributed by atoms with Crippen LogP contribution in [0, 0.1) is 5.92 Å². The lowest BCUT2D eigenvalue weighted by Crippen LogP contribution is -2.33. The van der Waals surface area contributed by atoms with Gasteiger partial charge in [0.1, 0.15) is 5.75 Å². The van der Waals surface area contributed by atoms with Crippen LogP contribution in [-0.2, 0) is 6.54 Å². The summed E-state index contributed by atoms with van der Waals surface area (Å²) in [5, 5.41) is 24.6. The normalized spacial score (nSPS) is 22.5. The number of ether oxygens (including phenoxy) is 1. The van der Waals surface area contributed by atoms with E-state index in [0.29, 0.717) is 24.1 Å². The van der Waals surface area contributed by atoms with Crippen molar-refractivity contribution in [1.82, 2.24) is 5.32 Å². The van der Waals surface area contributed by atoms with E-state index in [4.69, 9.17) is 15.7 Å². The van der Waals surface area contributed by atoms with Gasteiger partial charge in [-0.1, -0.05) is 11.6 Å². The molecule has 2 atom stereocenters. The highest BCUT2D eigenvalue weighted by atomic mass is 16.5. The fraction of sp³-hybridized carbons (Fsp3) is 0.533. The average molecular weight is 293 g/mol. The Morgan fingerprint density at radius 3 is 2.95 bits per heavy atom. The Bertz CT molecular complexity index is 505.